The first-order valence-corrected chi connectivity index (χ1v) is 12.6. The van der Waals surface area contributed by atoms with Gasteiger partial charge in [-0.2, -0.15) is 11.3 Å². The summed E-state index contributed by atoms with van der Waals surface area (Å²) in [5.41, 5.74) is 0.372. The van der Waals surface area contributed by atoms with Crippen LogP contribution in [-0.2, 0) is 15.1 Å². The van der Waals surface area contributed by atoms with Crippen LogP contribution in [0.5, 0.6) is 5.75 Å². The lowest BCUT2D eigenvalue weighted by atomic mass is 9.79. The summed E-state index contributed by atoms with van der Waals surface area (Å²) < 4.78 is 5.71. The van der Waals surface area contributed by atoms with Gasteiger partial charge in [0.05, 0.1) is 10.7 Å². The first-order chi connectivity index (χ1) is 16.5. The molecular weight excluding hydrogens is 472 g/mol. The number of ether oxygens (including phenoxy) is 1. The molecule has 2 aliphatic rings. The quantitative estimate of drug-likeness (QED) is 0.354. The van der Waals surface area contributed by atoms with Gasteiger partial charge in [-0.15, -0.1) is 0 Å². The number of ketones is 2. The second-order valence-electron chi connectivity index (χ2n) is 8.79. The number of Topliss-reactive ketones (excluding diaryl/α,β-unsaturated/α-hetero) is 2. The normalized spacial score (nSPS) is 22.3. The topological polar surface area (TPSA) is 85.4 Å². The number of piperidine rings is 1. The molecular formula is C26H23ClN2O4S. The third kappa shape index (κ3) is 4.50. The molecule has 174 valence electrons. The predicted molar refractivity (Wildman–Crippen MR) is 129 cm³/mol. The van der Waals surface area contributed by atoms with Gasteiger partial charge in [0.15, 0.2) is 11.6 Å². The number of carbonyl (C=O) groups excluding carboxylic acids is 3. The summed E-state index contributed by atoms with van der Waals surface area (Å²) >= 11 is 7.62. The van der Waals surface area contributed by atoms with Crippen molar-refractivity contribution >= 4 is 40.4 Å². The lowest BCUT2D eigenvalue weighted by molar-refractivity contribution is -0.144. The number of thiophene rings is 1. The van der Waals surface area contributed by atoms with Gasteiger partial charge >= 0.3 is 0 Å². The zero-order valence-corrected chi connectivity index (χ0v) is 19.9. The van der Waals surface area contributed by atoms with Crippen LogP contribution in [0, 0.1) is 5.92 Å². The number of amides is 1. The van der Waals surface area contributed by atoms with Crippen LogP contribution < -0.4 is 10.1 Å². The van der Waals surface area contributed by atoms with E-state index >= 15 is 0 Å². The van der Waals surface area contributed by atoms with Gasteiger partial charge in [0.2, 0.25) is 6.10 Å². The van der Waals surface area contributed by atoms with E-state index in [-0.39, 0.29) is 23.7 Å². The van der Waals surface area contributed by atoms with Crippen LogP contribution in [0.4, 0.5) is 0 Å². The summed E-state index contributed by atoms with van der Waals surface area (Å²) in [6.45, 7) is 0. The zero-order valence-electron chi connectivity index (χ0n) is 18.3. The first-order valence-electron chi connectivity index (χ1n) is 11.3. The van der Waals surface area contributed by atoms with Crippen LogP contribution >= 0.6 is 22.9 Å². The molecule has 2 fully saturated rings. The SMILES string of the molecule is O=C(CCC1CC1)c1cccc(C2(c3ccsc3)CC(=O)C(Oc3ccccc3Cl)C(=O)N2)n1. The molecule has 3 heterocycles. The first kappa shape index (κ1) is 22.7. The second-order valence-corrected chi connectivity index (χ2v) is 9.98. The Morgan fingerprint density at radius 2 is 1.97 bits per heavy atom. The molecule has 0 radical (unpaired) electrons. The number of benzene rings is 1. The Balaban J connectivity index is 1.45. The van der Waals surface area contributed by atoms with Crippen LogP contribution in [0.3, 0.4) is 0 Å². The number of rotatable bonds is 8. The maximum atomic E-state index is 13.3. The van der Waals surface area contributed by atoms with E-state index in [1.165, 1.54) is 24.2 Å². The summed E-state index contributed by atoms with van der Waals surface area (Å²) in [7, 11) is 0. The number of hydrogen-bond donors (Lipinski definition) is 1. The van der Waals surface area contributed by atoms with E-state index in [2.05, 4.69) is 10.3 Å². The minimum atomic E-state index is -1.32. The number of halogens is 1. The Morgan fingerprint density at radius 1 is 1.15 bits per heavy atom. The summed E-state index contributed by atoms with van der Waals surface area (Å²) in [6, 6.07) is 13.8. The Kier molecular flexibility index (Phi) is 6.23. The molecule has 0 bridgehead atoms. The van der Waals surface area contributed by atoms with Crippen molar-refractivity contribution in [3.63, 3.8) is 0 Å². The Labute approximate surface area is 206 Å². The molecule has 1 N–H and O–H groups in total. The standard InChI is InChI=1S/C26H23ClN2O4S/c27-18-4-1-2-6-22(18)33-24-21(31)14-26(29-25(24)32,17-12-13-34-15-17)23-7-3-5-19(28-23)20(30)11-10-16-8-9-16/h1-7,12-13,15-16,24H,8-11,14H2,(H,29,32). The third-order valence-corrected chi connectivity index (χ3v) is 7.35. The fourth-order valence-corrected chi connectivity index (χ4v) is 5.20. The van der Waals surface area contributed by atoms with Crippen LogP contribution in [0.1, 0.15) is 53.8 Å². The fraction of sp³-hybridized carbons (Fsp3) is 0.308. The van der Waals surface area contributed by atoms with Gasteiger partial charge in [-0.05, 0) is 59.0 Å². The van der Waals surface area contributed by atoms with Crippen molar-refractivity contribution in [3.05, 3.63) is 81.3 Å². The van der Waals surface area contributed by atoms with Crippen LogP contribution in [0.15, 0.2) is 59.3 Å². The Morgan fingerprint density at radius 3 is 2.68 bits per heavy atom. The molecule has 6 nitrogen and oxygen atoms in total. The summed E-state index contributed by atoms with van der Waals surface area (Å²) in [4.78, 5) is 43.9. The monoisotopic (exact) mass is 494 g/mol. The average Bonchev–Trinajstić information content (AvgIpc) is 3.50. The molecule has 1 saturated carbocycles. The summed E-state index contributed by atoms with van der Waals surface area (Å²) in [5, 5.41) is 7.08. The molecule has 0 spiro atoms. The molecule has 8 heteroatoms. The van der Waals surface area contributed by atoms with Gasteiger partial charge < -0.3 is 10.1 Å². The minimum Gasteiger partial charge on any atom is -0.471 e. The molecule has 1 aliphatic carbocycles. The van der Waals surface area contributed by atoms with Gasteiger partial charge in [0.1, 0.15) is 17.0 Å². The van der Waals surface area contributed by atoms with Gasteiger partial charge in [-0.1, -0.05) is 42.6 Å². The maximum absolute atomic E-state index is 13.3. The highest BCUT2D eigenvalue weighted by Crippen LogP contribution is 2.38. The third-order valence-electron chi connectivity index (χ3n) is 6.35. The number of para-hydroxylation sites is 1. The van der Waals surface area contributed by atoms with E-state index in [9.17, 15) is 14.4 Å². The van der Waals surface area contributed by atoms with Crippen molar-refractivity contribution in [1.29, 1.82) is 0 Å². The van der Waals surface area contributed by atoms with E-state index < -0.39 is 17.6 Å². The van der Waals surface area contributed by atoms with E-state index in [4.69, 9.17) is 16.3 Å². The smallest absolute Gasteiger partial charge is 0.269 e. The van der Waals surface area contributed by atoms with Crippen molar-refractivity contribution in [2.75, 3.05) is 0 Å². The van der Waals surface area contributed by atoms with Gasteiger partial charge in [0, 0.05) is 12.8 Å². The molecule has 3 aromatic rings. The number of carbonyl (C=O) groups is 3. The zero-order chi connectivity index (χ0) is 23.7. The van der Waals surface area contributed by atoms with Crippen LogP contribution in [0.25, 0.3) is 0 Å². The molecule has 2 unspecified atom stereocenters. The Hall–Kier alpha value is -3.03. The number of nitrogens with zero attached hydrogens (tertiary/aromatic N) is 1. The number of pyridine rings is 1. The largest absolute Gasteiger partial charge is 0.471 e. The molecule has 1 aromatic carbocycles. The van der Waals surface area contributed by atoms with Crippen molar-refractivity contribution < 1.29 is 19.1 Å². The summed E-state index contributed by atoms with van der Waals surface area (Å²) in [6.07, 6.45) is 2.32. The average molecular weight is 495 g/mol. The molecule has 2 atom stereocenters. The van der Waals surface area contributed by atoms with Crippen molar-refractivity contribution in [2.45, 2.75) is 43.7 Å². The fourth-order valence-electron chi connectivity index (χ4n) is 4.29. The van der Waals surface area contributed by atoms with Crippen molar-refractivity contribution in [2.24, 2.45) is 5.92 Å². The Bertz CT molecular complexity index is 1220. The molecule has 2 aromatic heterocycles. The van der Waals surface area contributed by atoms with E-state index in [1.807, 2.05) is 16.8 Å². The minimum absolute atomic E-state index is 0.0254. The van der Waals surface area contributed by atoms with Crippen molar-refractivity contribution in [3.8, 4) is 5.75 Å². The van der Waals surface area contributed by atoms with Gasteiger partial charge in [-0.3, -0.25) is 14.4 Å². The van der Waals surface area contributed by atoms with E-state index in [1.54, 1.807) is 42.5 Å². The number of hydrogen-bond acceptors (Lipinski definition) is 6. The van der Waals surface area contributed by atoms with E-state index in [0.29, 0.717) is 28.7 Å². The molecule has 5 rings (SSSR count). The van der Waals surface area contributed by atoms with Gasteiger partial charge in [0.25, 0.3) is 5.91 Å². The van der Waals surface area contributed by atoms with Crippen molar-refractivity contribution in [1.82, 2.24) is 10.3 Å². The lowest BCUT2D eigenvalue weighted by Gasteiger charge is -2.39. The highest BCUT2D eigenvalue weighted by atomic mass is 35.5. The molecule has 1 aliphatic heterocycles. The maximum Gasteiger partial charge on any atom is 0.269 e. The molecule has 1 saturated heterocycles. The lowest BCUT2D eigenvalue weighted by Crippen LogP contribution is -2.60. The second kappa shape index (κ2) is 9.31. The molecule has 1 amide bonds. The highest BCUT2D eigenvalue weighted by Gasteiger charge is 2.49. The summed E-state index contributed by atoms with van der Waals surface area (Å²) in [5.74, 6) is -0.0731. The number of nitrogens with one attached hydrogen (secondary N) is 1. The number of aromatic nitrogens is 1. The van der Waals surface area contributed by atoms with E-state index in [0.717, 1.165) is 12.0 Å². The molecule has 34 heavy (non-hydrogen) atoms. The van der Waals surface area contributed by atoms with Gasteiger partial charge in [-0.25, -0.2) is 4.98 Å². The van der Waals surface area contributed by atoms with Crippen LogP contribution in [-0.4, -0.2) is 28.6 Å². The van der Waals surface area contributed by atoms with Crippen LogP contribution in [0.2, 0.25) is 5.02 Å². The predicted octanol–water partition coefficient (Wildman–Crippen LogP) is 4.95. The highest BCUT2D eigenvalue weighted by molar-refractivity contribution is 7.08.